The van der Waals surface area contributed by atoms with Crippen molar-refractivity contribution in [2.45, 2.75) is 6.04 Å². The third-order valence-electron chi connectivity index (χ3n) is 2.90. The molecule has 5 nitrogen and oxygen atoms in total. The Labute approximate surface area is 114 Å². The highest BCUT2D eigenvalue weighted by molar-refractivity contribution is 9.10. The molecule has 6 heteroatoms. The summed E-state index contributed by atoms with van der Waals surface area (Å²) in [7, 11) is 0. The van der Waals surface area contributed by atoms with Gasteiger partial charge in [-0.05, 0) is 17.7 Å². The number of hydroxylamine groups is 1. The van der Waals surface area contributed by atoms with Crippen LogP contribution in [0.2, 0.25) is 0 Å². The van der Waals surface area contributed by atoms with Crippen molar-refractivity contribution in [3.63, 3.8) is 0 Å². The molecular weight excluding hydrogens is 300 g/mol. The molecule has 2 rings (SSSR count). The van der Waals surface area contributed by atoms with Gasteiger partial charge in [0, 0.05) is 17.6 Å². The molecule has 98 valence electrons. The molecule has 0 aliphatic carbocycles. The summed E-state index contributed by atoms with van der Waals surface area (Å²) in [6, 6.07) is 6.56. The number of amides is 1. The van der Waals surface area contributed by atoms with E-state index in [9.17, 15) is 10.0 Å². The van der Waals surface area contributed by atoms with E-state index in [-0.39, 0.29) is 5.91 Å². The van der Waals surface area contributed by atoms with E-state index in [1.165, 1.54) is 0 Å². The van der Waals surface area contributed by atoms with Gasteiger partial charge in [0.25, 0.3) is 0 Å². The van der Waals surface area contributed by atoms with Gasteiger partial charge in [-0.15, -0.1) is 0 Å². The fraction of sp³-hybridized carbons (Fsp3) is 0.417. The minimum Gasteiger partial charge on any atom is -0.378 e. The number of hydrogen-bond acceptors (Lipinski definition) is 4. The third-order valence-corrected chi connectivity index (χ3v) is 3.43. The molecule has 18 heavy (non-hydrogen) atoms. The molecule has 1 saturated heterocycles. The maximum absolute atomic E-state index is 12.3. The summed E-state index contributed by atoms with van der Waals surface area (Å²) in [5, 5.41) is 9.21. The summed E-state index contributed by atoms with van der Waals surface area (Å²) in [6.07, 6.45) is 0. The van der Waals surface area contributed by atoms with Gasteiger partial charge in [0.05, 0.1) is 13.2 Å². The van der Waals surface area contributed by atoms with E-state index in [0.29, 0.717) is 26.3 Å². The molecule has 0 unspecified atom stereocenters. The lowest BCUT2D eigenvalue weighted by atomic mass is 10.1. The van der Waals surface area contributed by atoms with Gasteiger partial charge in [-0.2, -0.15) is 5.48 Å². The highest BCUT2D eigenvalue weighted by Gasteiger charge is 2.26. The Balaban J connectivity index is 2.12. The Morgan fingerprint density at radius 2 is 1.94 bits per heavy atom. The molecule has 0 saturated carbocycles. The summed E-state index contributed by atoms with van der Waals surface area (Å²) >= 11 is 3.34. The van der Waals surface area contributed by atoms with Crippen LogP contribution in [0.3, 0.4) is 0 Å². The van der Waals surface area contributed by atoms with E-state index in [0.717, 1.165) is 10.0 Å². The standard InChI is InChI=1S/C12H15BrN2O3/c13-10-3-1-9(2-4-10)11(14-17)12(16)15-5-7-18-8-6-15/h1-4,11,14,17H,5-8H2/t11-/m1/s1. The van der Waals surface area contributed by atoms with Gasteiger partial charge in [-0.3, -0.25) is 4.79 Å². The van der Waals surface area contributed by atoms with Crippen molar-refractivity contribution in [2.75, 3.05) is 26.3 Å². The number of ether oxygens (including phenoxy) is 1. The minimum absolute atomic E-state index is 0.136. The van der Waals surface area contributed by atoms with E-state index in [1.54, 1.807) is 17.0 Å². The molecule has 1 aliphatic heterocycles. The molecule has 1 aromatic rings. The number of nitrogens with one attached hydrogen (secondary N) is 1. The normalized spacial score (nSPS) is 17.6. The zero-order valence-electron chi connectivity index (χ0n) is 9.80. The molecule has 1 fully saturated rings. The van der Waals surface area contributed by atoms with Gasteiger partial charge in [0.15, 0.2) is 0 Å². The lowest BCUT2D eigenvalue weighted by molar-refractivity contribution is -0.140. The maximum atomic E-state index is 12.3. The van der Waals surface area contributed by atoms with E-state index >= 15 is 0 Å². The van der Waals surface area contributed by atoms with Crippen LogP contribution in [0.1, 0.15) is 11.6 Å². The van der Waals surface area contributed by atoms with E-state index < -0.39 is 6.04 Å². The second-order valence-electron chi connectivity index (χ2n) is 4.05. The monoisotopic (exact) mass is 314 g/mol. The lowest BCUT2D eigenvalue weighted by Crippen LogP contribution is -2.45. The number of carbonyl (C=O) groups is 1. The van der Waals surface area contributed by atoms with Crippen molar-refractivity contribution in [3.05, 3.63) is 34.3 Å². The average molecular weight is 315 g/mol. The predicted octanol–water partition coefficient (Wildman–Crippen LogP) is 1.33. The Hall–Kier alpha value is -0.950. The zero-order valence-corrected chi connectivity index (χ0v) is 11.4. The third kappa shape index (κ3) is 3.08. The van der Waals surface area contributed by atoms with Crippen LogP contribution in [-0.4, -0.2) is 42.3 Å². The Bertz CT molecular complexity index is 404. The molecule has 1 amide bonds. The molecule has 0 spiro atoms. The first kappa shape index (κ1) is 13.5. The topological polar surface area (TPSA) is 61.8 Å². The zero-order chi connectivity index (χ0) is 13.0. The summed E-state index contributed by atoms with van der Waals surface area (Å²) in [5.41, 5.74) is 2.82. The summed E-state index contributed by atoms with van der Waals surface area (Å²) in [6.45, 7) is 2.22. The second kappa shape index (κ2) is 6.29. The molecular formula is C12H15BrN2O3. The number of morpholine rings is 1. The van der Waals surface area contributed by atoms with Crippen LogP contribution in [0.4, 0.5) is 0 Å². The van der Waals surface area contributed by atoms with Crippen LogP contribution < -0.4 is 5.48 Å². The highest BCUT2D eigenvalue weighted by atomic mass is 79.9. The van der Waals surface area contributed by atoms with Crippen molar-refractivity contribution < 1.29 is 14.7 Å². The molecule has 0 aromatic heterocycles. The van der Waals surface area contributed by atoms with Gasteiger partial charge in [0.1, 0.15) is 6.04 Å². The Morgan fingerprint density at radius 1 is 1.33 bits per heavy atom. The van der Waals surface area contributed by atoms with Gasteiger partial charge in [-0.25, -0.2) is 0 Å². The maximum Gasteiger partial charge on any atom is 0.246 e. The van der Waals surface area contributed by atoms with Crippen LogP contribution in [0.25, 0.3) is 0 Å². The van der Waals surface area contributed by atoms with Crippen LogP contribution >= 0.6 is 15.9 Å². The van der Waals surface area contributed by atoms with Crippen molar-refractivity contribution in [1.82, 2.24) is 10.4 Å². The lowest BCUT2D eigenvalue weighted by Gasteiger charge is -2.30. The molecule has 1 aliphatic rings. The quantitative estimate of drug-likeness (QED) is 0.826. The number of benzene rings is 1. The number of nitrogens with zero attached hydrogens (tertiary/aromatic N) is 1. The Morgan fingerprint density at radius 3 is 2.50 bits per heavy atom. The van der Waals surface area contributed by atoms with Crippen LogP contribution in [0.5, 0.6) is 0 Å². The highest BCUT2D eigenvalue weighted by Crippen LogP contribution is 2.19. The Kier molecular flexibility index (Phi) is 4.71. The predicted molar refractivity (Wildman–Crippen MR) is 69.2 cm³/mol. The van der Waals surface area contributed by atoms with E-state index in [1.807, 2.05) is 12.1 Å². The van der Waals surface area contributed by atoms with Crippen molar-refractivity contribution in [3.8, 4) is 0 Å². The summed E-state index contributed by atoms with van der Waals surface area (Å²) < 4.78 is 6.13. The minimum atomic E-state index is -0.726. The van der Waals surface area contributed by atoms with E-state index in [4.69, 9.17) is 4.74 Å². The van der Waals surface area contributed by atoms with Crippen molar-refractivity contribution in [1.29, 1.82) is 0 Å². The fourth-order valence-corrected chi connectivity index (χ4v) is 2.16. The largest absolute Gasteiger partial charge is 0.378 e. The number of carbonyl (C=O) groups excluding carboxylic acids is 1. The average Bonchev–Trinajstić information content (AvgIpc) is 2.42. The first-order valence-corrected chi connectivity index (χ1v) is 6.53. The summed E-state index contributed by atoms with van der Waals surface area (Å²) in [4.78, 5) is 13.9. The molecule has 2 N–H and O–H groups in total. The smallest absolute Gasteiger partial charge is 0.246 e. The van der Waals surface area contributed by atoms with Crippen LogP contribution in [0, 0.1) is 0 Å². The number of hydrogen-bond donors (Lipinski definition) is 2. The van der Waals surface area contributed by atoms with E-state index in [2.05, 4.69) is 21.4 Å². The number of halogens is 1. The fourth-order valence-electron chi connectivity index (χ4n) is 1.89. The SMILES string of the molecule is O=C([C@H](NO)c1ccc(Br)cc1)N1CCOCC1. The molecule has 1 atom stereocenters. The van der Waals surface area contributed by atoms with Crippen LogP contribution in [-0.2, 0) is 9.53 Å². The van der Waals surface area contributed by atoms with Gasteiger partial charge in [0.2, 0.25) is 5.91 Å². The second-order valence-corrected chi connectivity index (χ2v) is 4.97. The first-order chi connectivity index (χ1) is 8.72. The van der Waals surface area contributed by atoms with Gasteiger partial charge >= 0.3 is 0 Å². The summed E-state index contributed by atoms with van der Waals surface area (Å²) in [5.74, 6) is -0.136. The van der Waals surface area contributed by atoms with Crippen molar-refractivity contribution in [2.24, 2.45) is 0 Å². The van der Waals surface area contributed by atoms with Crippen LogP contribution in [0.15, 0.2) is 28.7 Å². The first-order valence-electron chi connectivity index (χ1n) is 5.74. The molecule has 1 aromatic carbocycles. The molecule has 1 heterocycles. The molecule has 0 radical (unpaired) electrons. The number of rotatable bonds is 3. The van der Waals surface area contributed by atoms with Gasteiger partial charge in [-0.1, -0.05) is 28.1 Å². The van der Waals surface area contributed by atoms with Crippen molar-refractivity contribution >= 4 is 21.8 Å². The molecule has 0 bridgehead atoms. The van der Waals surface area contributed by atoms with Gasteiger partial charge < -0.3 is 14.8 Å².